The van der Waals surface area contributed by atoms with E-state index in [4.69, 9.17) is 15.3 Å². The minimum absolute atomic E-state index is 0.472. The first kappa shape index (κ1) is 16.6. The van der Waals surface area contributed by atoms with Crippen LogP contribution in [0.5, 0.6) is 0 Å². The van der Waals surface area contributed by atoms with Crippen molar-refractivity contribution in [2.24, 2.45) is 0 Å². The van der Waals surface area contributed by atoms with Crippen molar-refractivity contribution in [3.8, 4) is 0 Å². The first-order chi connectivity index (χ1) is 11.5. The molecule has 1 unspecified atom stereocenters. The van der Waals surface area contributed by atoms with Crippen molar-refractivity contribution in [1.29, 1.82) is 0 Å². The van der Waals surface area contributed by atoms with Crippen molar-refractivity contribution in [3.05, 3.63) is 53.6 Å². The summed E-state index contributed by atoms with van der Waals surface area (Å²) >= 11 is 0. The summed E-state index contributed by atoms with van der Waals surface area (Å²) < 4.78 is 6.01. The molecule has 0 fully saturated rings. The molecule has 0 saturated carbocycles. The molecule has 0 aromatic heterocycles. The van der Waals surface area contributed by atoms with Gasteiger partial charge in [0.05, 0.1) is 19.3 Å². The smallest absolute Gasteiger partial charge is 0.119 e. The van der Waals surface area contributed by atoms with Crippen molar-refractivity contribution in [2.45, 2.75) is 12.0 Å². The quantitative estimate of drug-likeness (QED) is 0.856. The van der Waals surface area contributed by atoms with Gasteiger partial charge in [0.1, 0.15) is 5.60 Å². The Bertz CT molecular complexity index is 715. The molecule has 5 nitrogen and oxygen atoms in total. The fraction of sp³-hybridized carbons (Fsp3) is 0.368. The van der Waals surface area contributed by atoms with Gasteiger partial charge in [-0.2, -0.15) is 0 Å². The van der Waals surface area contributed by atoms with E-state index in [1.165, 1.54) is 11.3 Å². The summed E-state index contributed by atoms with van der Waals surface area (Å²) in [5, 5.41) is 1.87. The number of nitrogen functional groups attached to an aromatic ring is 1. The van der Waals surface area contributed by atoms with Crippen LogP contribution in [0.25, 0.3) is 0 Å². The lowest BCUT2D eigenvalue weighted by molar-refractivity contribution is -0.0147. The highest BCUT2D eigenvalue weighted by molar-refractivity contribution is 5.65. The highest BCUT2D eigenvalue weighted by atomic mass is 16.7. The van der Waals surface area contributed by atoms with Crippen molar-refractivity contribution in [2.75, 3.05) is 50.6 Å². The van der Waals surface area contributed by atoms with Crippen molar-refractivity contribution in [1.82, 2.24) is 0 Å². The monoisotopic (exact) mass is 327 g/mol. The predicted octanol–water partition coefficient (Wildman–Crippen LogP) is 2.80. The fourth-order valence-corrected chi connectivity index (χ4v) is 3.34. The molecule has 1 aliphatic heterocycles. The Morgan fingerprint density at radius 3 is 2.42 bits per heavy atom. The predicted molar refractivity (Wildman–Crippen MR) is 98.4 cm³/mol. The summed E-state index contributed by atoms with van der Waals surface area (Å²) in [6.45, 7) is 0.633. The Hall–Kier alpha value is -2.24. The largest absolute Gasteiger partial charge is 0.399 e. The van der Waals surface area contributed by atoms with E-state index >= 15 is 0 Å². The van der Waals surface area contributed by atoms with Gasteiger partial charge < -0.3 is 15.4 Å². The Balaban J connectivity index is 1.97. The molecule has 2 aromatic rings. The van der Waals surface area contributed by atoms with Crippen LogP contribution >= 0.6 is 0 Å². The fourth-order valence-electron chi connectivity index (χ4n) is 3.34. The summed E-state index contributed by atoms with van der Waals surface area (Å²) in [5.41, 5.74) is 10.8. The van der Waals surface area contributed by atoms with Crippen LogP contribution in [-0.2, 0) is 21.6 Å². The third kappa shape index (κ3) is 2.81. The third-order valence-corrected chi connectivity index (χ3v) is 4.73. The van der Waals surface area contributed by atoms with Crippen molar-refractivity contribution in [3.63, 3.8) is 0 Å². The van der Waals surface area contributed by atoms with Gasteiger partial charge in [0.2, 0.25) is 0 Å². The van der Waals surface area contributed by atoms with Gasteiger partial charge in [-0.1, -0.05) is 12.1 Å². The van der Waals surface area contributed by atoms with Gasteiger partial charge in [-0.25, -0.2) is 0 Å². The van der Waals surface area contributed by atoms with Gasteiger partial charge in [-0.05, 0) is 35.9 Å². The Morgan fingerprint density at radius 1 is 1.12 bits per heavy atom. The molecule has 24 heavy (non-hydrogen) atoms. The van der Waals surface area contributed by atoms with E-state index in [-0.39, 0.29) is 0 Å². The van der Waals surface area contributed by atoms with Gasteiger partial charge in [0.15, 0.2) is 0 Å². The van der Waals surface area contributed by atoms with Gasteiger partial charge in [0.25, 0.3) is 0 Å². The number of fused-ring (bicyclic) bond motifs is 1. The van der Waals surface area contributed by atoms with Gasteiger partial charge in [-0.15, -0.1) is 0 Å². The zero-order valence-electron chi connectivity index (χ0n) is 14.7. The van der Waals surface area contributed by atoms with Crippen LogP contribution in [-0.4, -0.2) is 34.9 Å². The molecule has 128 valence electrons. The molecule has 0 amide bonds. The highest BCUT2D eigenvalue weighted by Gasteiger charge is 2.43. The van der Waals surface area contributed by atoms with Gasteiger partial charge in [0, 0.05) is 44.6 Å². The zero-order valence-corrected chi connectivity index (χ0v) is 14.7. The molecule has 0 spiro atoms. The SMILES string of the molecule is CON1CC(Cc2ccc(N(C)C)cc2)(OC)c2cc(N)ccc21. The van der Waals surface area contributed by atoms with Crippen LogP contribution in [0.1, 0.15) is 11.1 Å². The summed E-state index contributed by atoms with van der Waals surface area (Å²) in [7, 11) is 7.51. The number of hydrogen-bond acceptors (Lipinski definition) is 5. The number of anilines is 3. The second-order valence-electron chi connectivity index (χ2n) is 6.43. The van der Waals surface area contributed by atoms with Crippen LogP contribution in [0.2, 0.25) is 0 Å². The van der Waals surface area contributed by atoms with Crippen LogP contribution in [0.3, 0.4) is 0 Å². The normalized spacial score (nSPS) is 19.4. The molecule has 0 aliphatic carbocycles. The van der Waals surface area contributed by atoms with Crippen LogP contribution in [0.4, 0.5) is 17.1 Å². The molecule has 1 atom stereocenters. The first-order valence-electron chi connectivity index (χ1n) is 8.02. The van der Waals surface area contributed by atoms with Gasteiger partial charge >= 0.3 is 0 Å². The van der Waals surface area contributed by atoms with Crippen LogP contribution in [0.15, 0.2) is 42.5 Å². The second kappa shape index (κ2) is 6.34. The molecule has 0 radical (unpaired) electrons. The average Bonchev–Trinajstić information content (AvgIpc) is 2.89. The minimum Gasteiger partial charge on any atom is -0.399 e. The average molecular weight is 327 g/mol. The van der Waals surface area contributed by atoms with E-state index in [1.807, 2.05) is 37.4 Å². The number of hydroxylamine groups is 1. The maximum absolute atomic E-state index is 6.02. The van der Waals surface area contributed by atoms with Gasteiger partial charge in [-0.3, -0.25) is 9.90 Å². The molecule has 1 aliphatic rings. The lowest BCUT2D eigenvalue weighted by Crippen LogP contribution is -2.37. The Morgan fingerprint density at radius 2 is 1.83 bits per heavy atom. The molecule has 0 saturated heterocycles. The lowest BCUT2D eigenvalue weighted by Gasteiger charge is -2.29. The summed E-state index contributed by atoms with van der Waals surface area (Å²) in [4.78, 5) is 7.62. The molecular formula is C19H25N3O2. The molecular weight excluding hydrogens is 302 g/mol. The second-order valence-corrected chi connectivity index (χ2v) is 6.43. The molecule has 1 heterocycles. The van der Waals surface area contributed by atoms with E-state index < -0.39 is 5.60 Å². The summed E-state index contributed by atoms with van der Waals surface area (Å²) in [6.07, 6.45) is 0.757. The number of nitrogens with two attached hydrogens (primary N) is 1. The van der Waals surface area contributed by atoms with E-state index in [9.17, 15) is 0 Å². The number of nitrogens with zero attached hydrogens (tertiary/aromatic N) is 2. The highest BCUT2D eigenvalue weighted by Crippen LogP contribution is 2.44. The molecule has 3 rings (SSSR count). The summed E-state index contributed by atoms with van der Waals surface area (Å²) in [6, 6.07) is 14.4. The molecule has 5 heteroatoms. The van der Waals surface area contributed by atoms with Crippen molar-refractivity contribution < 1.29 is 9.57 Å². The van der Waals surface area contributed by atoms with E-state index in [0.29, 0.717) is 6.54 Å². The van der Waals surface area contributed by atoms with E-state index in [2.05, 4.69) is 29.2 Å². The maximum Gasteiger partial charge on any atom is 0.119 e. The molecule has 0 bridgehead atoms. The van der Waals surface area contributed by atoms with Crippen LogP contribution < -0.4 is 15.7 Å². The number of hydrogen-bond donors (Lipinski definition) is 1. The maximum atomic E-state index is 6.02. The minimum atomic E-state index is -0.472. The standard InChI is InChI=1S/C19H25N3O2/c1-21(2)16-8-5-14(6-9-16)12-19(23-3)13-22(24-4)18-10-7-15(20)11-17(18)19/h5-11H,12-13,20H2,1-4H3. The number of rotatable bonds is 5. The van der Waals surface area contributed by atoms with E-state index in [0.717, 1.165) is 23.4 Å². The summed E-state index contributed by atoms with van der Waals surface area (Å²) in [5.74, 6) is 0. The number of ether oxygens (including phenoxy) is 1. The van der Waals surface area contributed by atoms with E-state index in [1.54, 1.807) is 14.2 Å². The molecule has 2 aromatic carbocycles. The topological polar surface area (TPSA) is 51.0 Å². The van der Waals surface area contributed by atoms with Crippen molar-refractivity contribution >= 4 is 17.1 Å². The Labute approximate surface area is 143 Å². The number of benzene rings is 2. The first-order valence-corrected chi connectivity index (χ1v) is 8.02. The third-order valence-electron chi connectivity index (χ3n) is 4.73. The lowest BCUT2D eigenvalue weighted by atomic mass is 9.88. The zero-order chi connectivity index (χ0) is 17.3. The van der Waals surface area contributed by atoms with Crippen LogP contribution in [0, 0.1) is 0 Å². The Kier molecular flexibility index (Phi) is 4.39. The molecule has 2 N–H and O–H groups in total. The number of methoxy groups -OCH3 is 1.